The van der Waals surface area contributed by atoms with Gasteiger partial charge in [0.05, 0.1) is 7.11 Å². The molecule has 1 aromatic carbocycles. The first-order valence-corrected chi connectivity index (χ1v) is 5.26. The molecule has 0 saturated carbocycles. The Morgan fingerprint density at radius 1 is 1.39 bits per heavy atom. The Morgan fingerprint density at radius 2 is 2.22 bits per heavy atom. The maximum Gasteiger partial charge on any atom is 0.328 e. The second kappa shape index (κ2) is 5.27. The third kappa shape index (κ3) is 2.63. The number of hydrogen-bond donors (Lipinski definition) is 1. The number of carboxylic acids is 1. The number of methoxy groups -OCH3 is 1. The molecule has 0 bridgehead atoms. The summed E-state index contributed by atoms with van der Waals surface area (Å²) in [5.41, 5.74) is 0.839. The van der Waals surface area contributed by atoms with E-state index in [9.17, 15) is 4.79 Å². The summed E-state index contributed by atoms with van der Waals surface area (Å²) in [5.74, 6) is 0.821. The number of rotatable bonds is 4. The molecule has 1 heterocycles. The van der Waals surface area contributed by atoms with Crippen molar-refractivity contribution in [3.8, 4) is 17.2 Å². The zero-order chi connectivity index (χ0) is 13.0. The molecule has 0 spiro atoms. The molecule has 5 heteroatoms. The highest BCUT2D eigenvalue weighted by Gasteiger charge is 2.19. The molecule has 1 N–H and O–H groups in total. The number of carbonyl (C=O) groups is 1. The molecule has 0 aliphatic carbocycles. The minimum absolute atomic E-state index is 0.178. The van der Waals surface area contributed by atoms with Crippen LogP contribution in [0.25, 0.3) is 6.08 Å². The smallest absolute Gasteiger partial charge is 0.328 e. The lowest BCUT2D eigenvalue weighted by Crippen LogP contribution is -1.93. The van der Waals surface area contributed by atoms with Crippen LogP contribution in [0.15, 0.2) is 30.4 Å². The maximum absolute atomic E-state index is 10.3. The van der Waals surface area contributed by atoms with Crippen LogP contribution in [-0.4, -0.2) is 25.0 Å². The summed E-state index contributed by atoms with van der Waals surface area (Å²) in [6.45, 7) is 0.178. The van der Waals surface area contributed by atoms with E-state index >= 15 is 0 Å². The zero-order valence-corrected chi connectivity index (χ0v) is 9.75. The predicted octanol–water partition coefficient (Wildman–Crippen LogP) is 2.08. The average Bonchev–Trinajstić information content (AvgIpc) is 2.81. The normalized spacial score (nSPS) is 13.4. The highest BCUT2D eigenvalue weighted by molar-refractivity contribution is 5.80. The van der Waals surface area contributed by atoms with Crippen LogP contribution < -0.4 is 14.2 Å². The van der Waals surface area contributed by atoms with Crippen molar-refractivity contribution in [2.75, 3.05) is 13.9 Å². The number of ether oxygens (including phenoxy) is 3. The monoisotopic (exact) mass is 248 g/mol. The van der Waals surface area contributed by atoms with Crippen molar-refractivity contribution in [3.05, 3.63) is 35.9 Å². The molecular weight excluding hydrogens is 236 g/mol. The first-order chi connectivity index (χ1) is 8.70. The second-order valence-electron chi connectivity index (χ2n) is 3.51. The molecule has 0 saturated heterocycles. The number of carboxylic acid groups (broad SMARTS) is 1. The third-order valence-corrected chi connectivity index (χ3v) is 2.32. The maximum atomic E-state index is 10.3. The van der Waals surface area contributed by atoms with Crippen molar-refractivity contribution in [1.29, 1.82) is 0 Å². The van der Waals surface area contributed by atoms with Crippen molar-refractivity contribution in [3.63, 3.8) is 0 Å². The summed E-state index contributed by atoms with van der Waals surface area (Å²) in [7, 11) is 1.55. The van der Waals surface area contributed by atoms with E-state index in [1.54, 1.807) is 31.4 Å². The Hall–Kier alpha value is -2.43. The number of aliphatic carboxylic acids is 1. The van der Waals surface area contributed by atoms with Gasteiger partial charge < -0.3 is 19.3 Å². The summed E-state index contributed by atoms with van der Waals surface area (Å²) < 4.78 is 15.7. The van der Waals surface area contributed by atoms with E-state index in [1.165, 1.54) is 6.08 Å². The van der Waals surface area contributed by atoms with Gasteiger partial charge in [-0.15, -0.1) is 0 Å². The Labute approximate surface area is 104 Å². The van der Waals surface area contributed by atoms with Crippen LogP contribution in [0, 0.1) is 0 Å². The van der Waals surface area contributed by atoms with Gasteiger partial charge in [-0.25, -0.2) is 4.79 Å². The van der Waals surface area contributed by atoms with E-state index in [2.05, 4.69) is 0 Å². The summed E-state index contributed by atoms with van der Waals surface area (Å²) in [6, 6.07) is 3.59. The van der Waals surface area contributed by atoms with Crippen molar-refractivity contribution < 1.29 is 24.1 Å². The summed E-state index contributed by atoms with van der Waals surface area (Å²) in [5, 5.41) is 8.44. The molecule has 0 fully saturated rings. The lowest BCUT2D eigenvalue weighted by molar-refractivity contribution is -0.131. The van der Waals surface area contributed by atoms with E-state index in [0.717, 1.165) is 11.6 Å². The first-order valence-electron chi connectivity index (χ1n) is 5.26. The fourth-order valence-electron chi connectivity index (χ4n) is 1.55. The average molecular weight is 248 g/mol. The molecule has 1 aliphatic rings. The van der Waals surface area contributed by atoms with Gasteiger partial charge in [0.25, 0.3) is 0 Å². The molecule has 18 heavy (non-hydrogen) atoms. The fourth-order valence-corrected chi connectivity index (χ4v) is 1.55. The molecule has 0 atom stereocenters. The lowest BCUT2D eigenvalue weighted by Gasteiger charge is -2.05. The quantitative estimate of drug-likeness (QED) is 0.652. The van der Waals surface area contributed by atoms with Gasteiger partial charge in [0.15, 0.2) is 11.5 Å². The summed E-state index contributed by atoms with van der Waals surface area (Å²) in [4.78, 5) is 10.3. The van der Waals surface area contributed by atoms with Crippen molar-refractivity contribution in [1.82, 2.24) is 0 Å². The molecular formula is C13H12O5. The molecule has 94 valence electrons. The van der Waals surface area contributed by atoms with E-state index in [0.29, 0.717) is 17.2 Å². The van der Waals surface area contributed by atoms with E-state index in [4.69, 9.17) is 19.3 Å². The Kier molecular flexibility index (Phi) is 3.52. The molecule has 0 aromatic heterocycles. The predicted molar refractivity (Wildman–Crippen MR) is 64.9 cm³/mol. The van der Waals surface area contributed by atoms with Crippen LogP contribution in [0.1, 0.15) is 5.56 Å². The van der Waals surface area contributed by atoms with Gasteiger partial charge in [-0.3, -0.25) is 0 Å². The van der Waals surface area contributed by atoms with Gasteiger partial charge in [-0.05, 0) is 17.7 Å². The van der Waals surface area contributed by atoms with Crippen LogP contribution in [-0.2, 0) is 4.79 Å². The van der Waals surface area contributed by atoms with Crippen LogP contribution in [0.3, 0.4) is 0 Å². The topological polar surface area (TPSA) is 65.0 Å². The van der Waals surface area contributed by atoms with Gasteiger partial charge in [-0.2, -0.15) is 0 Å². The molecule has 5 nitrogen and oxygen atoms in total. The van der Waals surface area contributed by atoms with Gasteiger partial charge in [0.2, 0.25) is 12.5 Å². The van der Waals surface area contributed by atoms with Gasteiger partial charge >= 0.3 is 5.97 Å². The SMILES string of the molecule is COc1cc(C=CC=CC(=O)O)cc2c1OCO2. The Balaban J connectivity index is 2.22. The molecule has 1 aliphatic heterocycles. The van der Waals surface area contributed by atoms with E-state index in [-0.39, 0.29) is 6.79 Å². The van der Waals surface area contributed by atoms with Crippen molar-refractivity contribution in [2.24, 2.45) is 0 Å². The Bertz CT molecular complexity index is 516. The van der Waals surface area contributed by atoms with Crippen molar-refractivity contribution >= 4 is 12.0 Å². The molecule has 2 rings (SSSR count). The highest BCUT2D eigenvalue weighted by Crippen LogP contribution is 2.41. The van der Waals surface area contributed by atoms with Gasteiger partial charge in [-0.1, -0.05) is 18.2 Å². The third-order valence-electron chi connectivity index (χ3n) is 2.32. The Morgan fingerprint density at radius 3 is 2.94 bits per heavy atom. The van der Waals surface area contributed by atoms with Crippen LogP contribution >= 0.6 is 0 Å². The number of hydrogen-bond acceptors (Lipinski definition) is 4. The zero-order valence-electron chi connectivity index (χ0n) is 9.75. The lowest BCUT2D eigenvalue weighted by atomic mass is 10.1. The molecule has 0 radical (unpaired) electrons. The van der Waals surface area contributed by atoms with E-state index in [1.807, 2.05) is 0 Å². The fraction of sp³-hybridized carbons (Fsp3) is 0.154. The largest absolute Gasteiger partial charge is 0.493 e. The second-order valence-corrected chi connectivity index (χ2v) is 3.51. The minimum Gasteiger partial charge on any atom is -0.493 e. The van der Waals surface area contributed by atoms with Crippen molar-refractivity contribution in [2.45, 2.75) is 0 Å². The number of allylic oxidation sites excluding steroid dienone is 2. The minimum atomic E-state index is -0.983. The van der Waals surface area contributed by atoms with Gasteiger partial charge in [0, 0.05) is 6.08 Å². The van der Waals surface area contributed by atoms with E-state index < -0.39 is 5.97 Å². The molecule has 0 amide bonds. The van der Waals surface area contributed by atoms with Gasteiger partial charge in [0.1, 0.15) is 0 Å². The van der Waals surface area contributed by atoms with Crippen LogP contribution in [0.4, 0.5) is 0 Å². The number of benzene rings is 1. The summed E-state index contributed by atoms with van der Waals surface area (Å²) in [6.07, 6.45) is 5.88. The highest BCUT2D eigenvalue weighted by atomic mass is 16.7. The molecule has 0 unspecified atom stereocenters. The molecule has 1 aromatic rings. The van der Waals surface area contributed by atoms with Crippen LogP contribution in [0.5, 0.6) is 17.2 Å². The summed E-state index contributed by atoms with van der Waals surface area (Å²) >= 11 is 0. The first kappa shape index (κ1) is 12.0. The van der Waals surface area contributed by atoms with Crippen LogP contribution in [0.2, 0.25) is 0 Å². The number of fused-ring (bicyclic) bond motifs is 1. The standard InChI is InChI=1S/C13H12O5/c1-16-10-6-9(4-2-3-5-12(14)15)7-11-13(10)18-8-17-11/h2-7H,8H2,1H3,(H,14,15).